The van der Waals surface area contributed by atoms with Gasteiger partial charge >= 0.3 is 0 Å². The van der Waals surface area contributed by atoms with Crippen molar-refractivity contribution in [3.05, 3.63) is 12.2 Å². The van der Waals surface area contributed by atoms with Crippen molar-refractivity contribution >= 4 is 0 Å². The van der Waals surface area contributed by atoms with Gasteiger partial charge in [0.25, 0.3) is 0 Å². The Bertz CT molecular complexity index is 181. The van der Waals surface area contributed by atoms with Crippen molar-refractivity contribution in [1.29, 1.82) is 5.26 Å². The molecule has 0 aromatic heterocycles. The molecule has 0 aromatic rings. The van der Waals surface area contributed by atoms with Crippen molar-refractivity contribution in [3.8, 4) is 6.07 Å². The average Bonchev–Trinajstić information content (AvgIpc) is 2.18. The van der Waals surface area contributed by atoms with Gasteiger partial charge in [0, 0.05) is 6.08 Å². The van der Waals surface area contributed by atoms with Crippen molar-refractivity contribution in [2.45, 2.75) is 58.0 Å². The molecule has 0 saturated heterocycles. The molecule has 1 N–H and O–H groups in total. The highest BCUT2D eigenvalue weighted by atomic mass is 16.3. The van der Waals surface area contributed by atoms with Crippen LogP contribution in [0, 0.1) is 11.3 Å². The van der Waals surface area contributed by atoms with Crippen molar-refractivity contribution in [2.75, 3.05) is 0 Å². The summed E-state index contributed by atoms with van der Waals surface area (Å²) in [5, 5.41) is 17.7. The Hall–Kier alpha value is -0.810. The number of rotatable bonds is 8. The molecule has 0 heterocycles. The Labute approximate surface area is 87.3 Å². The van der Waals surface area contributed by atoms with Gasteiger partial charge in [-0.25, -0.2) is 0 Å². The average molecular weight is 195 g/mol. The van der Waals surface area contributed by atoms with E-state index in [9.17, 15) is 5.11 Å². The molecule has 0 aliphatic carbocycles. The summed E-state index contributed by atoms with van der Waals surface area (Å²) in [5.74, 6) is 0. The van der Waals surface area contributed by atoms with Crippen LogP contribution in [-0.2, 0) is 0 Å². The molecule has 0 saturated carbocycles. The van der Waals surface area contributed by atoms with Crippen LogP contribution in [0.1, 0.15) is 51.9 Å². The fourth-order valence-electron chi connectivity index (χ4n) is 1.38. The fourth-order valence-corrected chi connectivity index (χ4v) is 1.38. The molecule has 80 valence electrons. The van der Waals surface area contributed by atoms with E-state index in [1.54, 1.807) is 6.08 Å². The number of nitrogens with zero attached hydrogens (tertiary/aromatic N) is 1. The predicted octanol–water partition coefficient (Wildman–Crippen LogP) is 3.18. The molecular formula is C12H21NO. The zero-order chi connectivity index (χ0) is 10.6. The molecule has 0 aliphatic heterocycles. The molecule has 0 aliphatic rings. The highest BCUT2D eigenvalue weighted by Gasteiger charge is 2.00. The lowest BCUT2D eigenvalue weighted by atomic mass is 10.1. The summed E-state index contributed by atoms with van der Waals surface area (Å²) in [4.78, 5) is 0. The van der Waals surface area contributed by atoms with Gasteiger partial charge in [-0.2, -0.15) is 5.26 Å². The molecule has 0 bridgehead atoms. The maximum atomic E-state index is 9.47. The number of aliphatic hydroxyl groups excluding tert-OH is 1. The van der Waals surface area contributed by atoms with Crippen LogP contribution in [0.2, 0.25) is 0 Å². The topological polar surface area (TPSA) is 44.0 Å². The van der Waals surface area contributed by atoms with E-state index < -0.39 is 0 Å². The molecular weight excluding hydrogens is 174 g/mol. The molecule has 0 amide bonds. The van der Waals surface area contributed by atoms with E-state index in [1.165, 1.54) is 31.8 Å². The second kappa shape index (κ2) is 10.3. The summed E-state index contributed by atoms with van der Waals surface area (Å²) in [6.07, 6.45) is 10.5. The summed E-state index contributed by atoms with van der Waals surface area (Å²) in [6.45, 7) is 2.20. The summed E-state index contributed by atoms with van der Waals surface area (Å²) < 4.78 is 0. The normalized spacial score (nSPS) is 12.9. The first-order chi connectivity index (χ1) is 6.81. The minimum atomic E-state index is -0.263. The number of hydrogen-bond donors (Lipinski definition) is 1. The standard InChI is InChI=1S/C12H21NO/c1-2-3-4-5-6-9-12(14)10-7-8-11-13/h7-8,12,14H,2-6,9-10H2,1H3/b8-7-/t12-/m1/s1. The number of allylic oxidation sites excluding steroid dienone is 1. The molecule has 0 fully saturated rings. The summed E-state index contributed by atoms with van der Waals surface area (Å²) >= 11 is 0. The summed E-state index contributed by atoms with van der Waals surface area (Å²) in [5.41, 5.74) is 0. The third-order valence-electron chi connectivity index (χ3n) is 2.24. The van der Waals surface area contributed by atoms with Crippen LogP contribution in [0.4, 0.5) is 0 Å². The predicted molar refractivity (Wildman–Crippen MR) is 58.8 cm³/mol. The van der Waals surface area contributed by atoms with Crippen molar-refractivity contribution in [1.82, 2.24) is 0 Å². The highest BCUT2D eigenvalue weighted by molar-refractivity contribution is 5.01. The number of aliphatic hydroxyl groups is 1. The molecule has 0 radical (unpaired) electrons. The zero-order valence-electron chi connectivity index (χ0n) is 9.08. The summed E-state index contributed by atoms with van der Waals surface area (Å²) in [6, 6.07) is 1.92. The Morgan fingerprint density at radius 1 is 1.29 bits per heavy atom. The van der Waals surface area contributed by atoms with Gasteiger partial charge in [-0.15, -0.1) is 0 Å². The summed E-state index contributed by atoms with van der Waals surface area (Å²) in [7, 11) is 0. The van der Waals surface area contributed by atoms with Gasteiger partial charge < -0.3 is 5.11 Å². The minimum Gasteiger partial charge on any atom is -0.393 e. The molecule has 0 rings (SSSR count). The second-order valence-electron chi connectivity index (χ2n) is 3.62. The minimum absolute atomic E-state index is 0.263. The molecule has 2 nitrogen and oxygen atoms in total. The van der Waals surface area contributed by atoms with Crippen molar-refractivity contribution in [2.24, 2.45) is 0 Å². The number of unbranched alkanes of at least 4 members (excludes halogenated alkanes) is 4. The van der Waals surface area contributed by atoms with Crippen LogP contribution < -0.4 is 0 Å². The van der Waals surface area contributed by atoms with E-state index >= 15 is 0 Å². The van der Waals surface area contributed by atoms with Crippen LogP contribution >= 0.6 is 0 Å². The van der Waals surface area contributed by atoms with Crippen LogP contribution in [0.3, 0.4) is 0 Å². The van der Waals surface area contributed by atoms with Crippen LogP contribution in [0.15, 0.2) is 12.2 Å². The molecule has 0 aromatic carbocycles. The van der Waals surface area contributed by atoms with Crippen LogP contribution in [-0.4, -0.2) is 11.2 Å². The first-order valence-electron chi connectivity index (χ1n) is 5.54. The molecule has 14 heavy (non-hydrogen) atoms. The van der Waals surface area contributed by atoms with Gasteiger partial charge in [0.15, 0.2) is 0 Å². The Kier molecular flexibility index (Phi) is 9.68. The maximum absolute atomic E-state index is 9.47. The lowest BCUT2D eigenvalue weighted by Gasteiger charge is -2.06. The zero-order valence-corrected chi connectivity index (χ0v) is 9.08. The Morgan fingerprint density at radius 2 is 2.00 bits per heavy atom. The molecule has 0 unspecified atom stereocenters. The van der Waals surface area contributed by atoms with Gasteiger partial charge in [-0.3, -0.25) is 0 Å². The van der Waals surface area contributed by atoms with Gasteiger partial charge in [0.1, 0.15) is 0 Å². The molecule has 2 heteroatoms. The monoisotopic (exact) mass is 195 g/mol. The fraction of sp³-hybridized carbons (Fsp3) is 0.750. The third-order valence-corrected chi connectivity index (χ3v) is 2.24. The first kappa shape index (κ1) is 13.2. The molecule has 1 atom stereocenters. The lowest BCUT2D eigenvalue weighted by molar-refractivity contribution is 0.163. The van der Waals surface area contributed by atoms with E-state index in [1.807, 2.05) is 6.07 Å². The van der Waals surface area contributed by atoms with E-state index in [2.05, 4.69) is 6.92 Å². The Balaban J connectivity index is 3.23. The van der Waals surface area contributed by atoms with E-state index in [4.69, 9.17) is 5.26 Å². The van der Waals surface area contributed by atoms with Gasteiger partial charge in [-0.1, -0.05) is 45.1 Å². The van der Waals surface area contributed by atoms with Gasteiger partial charge in [0.2, 0.25) is 0 Å². The quantitative estimate of drug-likeness (QED) is 0.477. The largest absolute Gasteiger partial charge is 0.393 e. The number of nitriles is 1. The van der Waals surface area contributed by atoms with Crippen molar-refractivity contribution < 1.29 is 5.11 Å². The maximum Gasteiger partial charge on any atom is 0.0908 e. The van der Waals surface area contributed by atoms with Crippen LogP contribution in [0.5, 0.6) is 0 Å². The second-order valence-corrected chi connectivity index (χ2v) is 3.62. The lowest BCUT2D eigenvalue weighted by Crippen LogP contribution is -2.04. The Morgan fingerprint density at radius 3 is 2.64 bits per heavy atom. The van der Waals surface area contributed by atoms with Crippen molar-refractivity contribution in [3.63, 3.8) is 0 Å². The van der Waals surface area contributed by atoms with Gasteiger partial charge in [-0.05, 0) is 12.8 Å². The highest BCUT2D eigenvalue weighted by Crippen LogP contribution is 2.09. The van der Waals surface area contributed by atoms with Gasteiger partial charge in [0.05, 0.1) is 12.2 Å². The SMILES string of the molecule is CCCCCCC[C@@H](O)C/C=C\C#N. The number of hydrogen-bond acceptors (Lipinski definition) is 2. The molecule has 0 spiro atoms. The smallest absolute Gasteiger partial charge is 0.0908 e. The van der Waals surface area contributed by atoms with E-state index in [0.717, 1.165) is 12.8 Å². The van der Waals surface area contributed by atoms with Crippen LogP contribution in [0.25, 0.3) is 0 Å². The van der Waals surface area contributed by atoms with E-state index in [-0.39, 0.29) is 6.10 Å². The first-order valence-corrected chi connectivity index (χ1v) is 5.54. The third kappa shape index (κ3) is 9.28. The van der Waals surface area contributed by atoms with E-state index in [0.29, 0.717) is 6.42 Å².